The van der Waals surface area contributed by atoms with Gasteiger partial charge in [-0.05, 0) is 137 Å². The summed E-state index contributed by atoms with van der Waals surface area (Å²) in [7, 11) is 0. The van der Waals surface area contributed by atoms with Crippen molar-refractivity contribution >= 4 is 71.1 Å². The Morgan fingerprint density at radius 2 is 0.985 bits per heavy atom. The van der Waals surface area contributed by atoms with E-state index >= 15 is 0 Å². The molecule has 3 nitrogen and oxygen atoms in total. The average molecular weight is 859 g/mol. The highest BCUT2D eigenvalue weighted by molar-refractivity contribution is 6.12. The van der Waals surface area contributed by atoms with Gasteiger partial charge in [0.05, 0.1) is 22.1 Å². The molecule has 0 fully saturated rings. The molecule has 0 saturated carbocycles. The molecule has 1 atom stereocenters. The Bertz CT molecular complexity index is 4020. The smallest absolute Gasteiger partial charge is 0.135 e. The van der Waals surface area contributed by atoms with Gasteiger partial charge in [0, 0.05) is 49.6 Å². The fraction of sp³-hybridized carbons (Fsp3) is 0.0625. The summed E-state index contributed by atoms with van der Waals surface area (Å²) in [4.78, 5) is 0. The van der Waals surface area contributed by atoms with E-state index < -0.39 is 0 Å². The topological polar surface area (TPSA) is 23.0 Å². The Kier molecular flexibility index (Phi) is 9.11. The highest BCUT2D eigenvalue weighted by atomic mass is 16.3. The summed E-state index contributed by atoms with van der Waals surface area (Å²) >= 11 is 0. The molecule has 13 rings (SSSR count). The number of hydrogen-bond acceptors (Lipinski definition) is 1. The lowest BCUT2D eigenvalue weighted by molar-refractivity contribution is 0.669. The molecule has 12 aromatic rings. The van der Waals surface area contributed by atoms with E-state index in [1.807, 2.05) is 12.1 Å². The van der Waals surface area contributed by atoms with Gasteiger partial charge in [0.1, 0.15) is 11.2 Å². The van der Waals surface area contributed by atoms with Crippen LogP contribution in [0.2, 0.25) is 0 Å². The quantitative estimate of drug-likeness (QED) is 0.157. The predicted octanol–water partition coefficient (Wildman–Crippen LogP) is 17.5. The molecule has 3 aromatic heterocycles. The summed E-state index contributed by atoms with van der Waals surface area (Å²) in [6.45, 7) is 4.31. The standard InChI is InChI=1S/C64H46N2O/c1-3-12-44-21-22-45(37-57(44)51-14-5-4-13-41(51)2)42-23-30-49(31-24-42)65-59-18-9-6-15-52(59)54-34-27-47(39-61(54)65)48-28-35-55-53-16-7-10-19-60(53)66(62(55)40-48)50-32-25-43(26-33-50)46-29-36-64-58(38-46)56-17-8-11-20-63(56)67-64/h3-21,23-40,45H,22H2,1-2H3/b12-3+. The molecule has 1 aliphatic rings. The van der Waals surface area contributed by atoms with Crippen LogP contribution in [-0.2, 0) is 0 Å². The lowest BCUT2D eigenvalue weighted by Crippen LogP contribution is -2.04. The number of para-hydroxylation sites is 3. The summed E-state index contributed by atoms with van der Waals surface area (Å²) < 4.78 is 11.0. The van der Waals surface area contributed by atoms with Crippen LogP contribution in [0.5, 0.6) is 0 Å². The van der Waals surface area contributed by atoms with Crippen molar-refractivity contribution in [2.45, 2.75) is 26.2 Å². The first-order valence-corrected chi connectivity index (χ1v) is 23.4. The molecule has 0 saturated heterocycles. The summed E-state index contributed by atoms with van der Waals surface area (Å²) in [5.74, 6) is 0.296. The maximum absolute atomic E-state index is 6.13. The van der Waals surface area contributed by atoms with Crippen LogP contribution < -0.4 is 0 Å². The Hall–Kier alpha value is -8.40. The Balaban J connectivity index is 0.882. The second-order valence-corrected chi connectivity index (χ2v) is 18.0. The van der Waals surface area contributed by atoms with Gasteiger partial charge in [0.2, 0.25) is 0 Å². The van der Waals surface area contributed by atoms with Crippen molar-refractivity contribution in [3.05, 3.63) is 247 Å². The van der Waals surface area contributed by atoms with E-state index in [0.717, 1.165) is 39.7 Å². The number of nitrogens with zero attached hydrogens (tertiary/aromatic N) is 2. The average Bonchev–Trinajstić information content (AvgIpc) is 4.04. The van der Waals surface area contributed by atoms with Gasteiger partial charge in [0.15, 0.2) is 0 Å². The van der Waals surface area contributed by atoms with Crippen LogP contribution in [0.3, 0.4) is 0 Å². The van der Waals surface area contributed by atoms with Gasteiger partial charge < -0.3 is 13.6 Å². The Morgan fingerprint density at radius 1 is 0.463 bits per heavy atom. The number of rotatable bonds is 7. The normalized spacial score (nSPS) is 14.3. The van der Waals surface area contributed by atoms with Crippen molar-refractivity contribution in [2.24, 2.45) is 0 Å². The maximum Gasteiger partial charge on any atom is 0.135 e. The molecule has 0 bridgehead atoms. The maximum atomic E-state index is 6.13. The van der Waals surface area contributed by atoms with Crippen molar-refractivity contribution in [3.63, 3.8) is 0 Å². The fourth-order valence-corrected chi connectivity index (χ4v) is 10.9. The third kappa shape index (κ3) is 6.42. The van der Waals surface area contributed by atoms with Gasteiger partial charge >= 0.3 is 0 Å². The highest BCUT2D eigenvalue weighted by Crippen LogP contribution is 2.41. The van der Waals surface area contributed by atoms with Crippen LogP contribution in [0.4, 0.5) is 0 Å². The minimum Gasteiger partial charge on any atom is -0.456 e. The number of aryl methyl sites for hydroxylation is 1. The lowest BCUT2D eigenvalue weighted by atomic mass is 9.82. The predicted molar refractivity (Wildman–Crippen MR) is 283 cm³/mol. The zero-order chi connectivity index (χ0) is 44.6. The number of fused-ring (bicyclic) bond motifs is 9. The van der Waals surface area contributed by atoms with Gasteiger partial charge in [-0.25, -0.2) is 0 Å². The SMILES string of the molecule is C/C=C/C1=CCC(c2ccc(-n3c4ccccc4c4ccc(-c5ccc6c7ccccc7n(-c7ccc(-c8ccc9oc%10ccccc%10c9c8)cc7)c6c5)cc43)cc2)C=C1c1ccccc1C. The van der Waals surface area contributed by atoms with E-state index in [1.165, 1.54) is 93.7 Å². The van der Waals surface area contributed by atoms with Crippen LogP contribution in [-0.4, -0.2) is 9.13 Å². The molecule has 1 unspecified atom stereocenters. The first kappa shape index (κ1) is 39.0. The second kappa shape index (κ2) is 15.6. The van der Waals surface area contributed by atoms with Crippen LogP contribution in [0.15, 0.2) is 234 Å². The molecule has 0 radical (unpaired) electrons. The number of benzene rings is 9. The monoisotopic (exact) mass is 858 g/mol. The minimum atomic E-state index is 0.296. The van der Waals surface area contributed by atoms with Crippen LogP contribution >= 0.6 is 0 Å². The molecule has 67 heavy (non-hydrogen) atoms. The third-order valence-electron chi connectivity index (χ3n) is 14.1. The van der Waals surface area contributed by atoms with Crippen LogP contribution in [0, 0.1) is 6.92 Å². The van der Waals surface area contributed by atoms with Crippen LogP contribution in [0.25, 0.3) is 105 Å². The van der Waals surface area contributed by atoms with E-state index in [4.69, 9.17) is 4.42 Å². The molecule has 0 amide bonds. The molecular weight excluding hydrogens is 813 g/mol. The van der Waals surface area contributed by atoms with E-state index in [9.17, 15) is 0 Å². The second-order valence-electron chi connectivity index (χ2n) is 18.0. The van der Waals surface area contributed by atoms with Gasteiger partial charge in [0.25, 0.3) is 0 Å². The molecule has 318 valence electrons. The lowest BCUT2D eigenvalue weighted by Gasteiger charge is -2.23. The Labute approximate surface area is 389 Å². The van der Waals surface area contributed by atoms with E-state index in [-0.39, 0.29) is 0 Å². The van der Waals surface area contributed by atoms with Gasteiger partial charge in [-0.1, -0.05) is 158 Å². The molecule has 0 aliphatic heterocycles. The van der Waals surface area contributed by atoms with Crippen molar-refractivity contribution in [1.82, 2.24) is 9.13 Å². The van der Waals surface area contributed by atoms with E-state index in [1.54, 1.807) is 0 Å². The third-order valence-corrected chi connectivity index (χ3v) is 14.1. The first-order chi connectivity index (χ1) is 33.1. The molecule has 1 aliphatic carbocycles. The van der Waals surface area contributed by atoms with Gasteiger partial charge in [-0.15, -0.1) is 0 Å². The Morgan fingerprint density at radius 3 is 1.64 bits per heavy atom. The molecule has 9 aromatic carbocycles. The minimum absolute atomic E-state index is 0.296. The number of furan rings is 1. The van der Waals surface area contributed by atoms with Crippen molar-refractivity contribution < 1.29 is 4.42 Å². The van der Waals surface area contributed by atoms with Gasteiger partial charge in [-0.3, -0.25) is 0 Å². The number of aromatic nitrogens is 2. The summed E-state index contributed by atoms with van der Waals surface area (Å²) in [6, 6.07) is 73.4. The highest BCUT2D eigenvalue weighted by Gasteiger charge is 2.21. The number of allylic oxidation sites excluding steroid dienone is 6. The fourth-order valence-electron chi connectivity index (χ4n) is 10.9. The number of hydrogen-bond donors (Lipinski definition) is 0. The molecule has 0 spiro atoms. The first-order valence-electron chi connectivity index (χ1n) is 23.4. The summed E-state index contributed by atoms with van der Waals surface area (Å²) in [5, 5.41) is 7.27. The summed E-state index contributed by atoms with van der Waals surface area (Å²) in [6.07, 6.45) is 10.3. The van der Waals surface area contributed by atoms with Crippen LogP contribution in [0.1, 0.15) is 36.0 Å². The van der Waals surface area contributed by atoms with Crippen molar-refractivity contribution in [2.75, 3.05) is 0 Å². The largest absolute Gasteiger partial charge is 0.456 e. The molecule has 3 heteroatoms. The zero-order valence-electron chi connectivity index (χ0n) is 37.4. The van der Waals surface area contributed by atoms with E-state index in [0.29, 0.717) is 5.92 Å². The zero-order valence-corrected chi connectivity index (χ0v) is 37.4. The molecule has 0 N–H and O–H groups in total. The van der Waals surface area contributed by atoms with Crippen molar-refractivity contribution in [1.29, 1.82) is 0 Å². The molecule has 3 heterocycles. The van der Waals surface area contributed by atoms with E-state index in [2.05, 4.69) is 235 Å². The van der Waals surface area contributed by atoms with Crippen molar-refractivity contribution in [3.8, 4) is 33.6 Å². The summed E-state index contributed by atoms with van der Waals surface area (Å²) in [5.41, 5.74) is 20.2. The molecular formula is C64H46N2O. The van der Waals surface area contributed by atoms with Gasteiger partial charge in [-0.2, -0.15) is 0 Å².